The summed E-state index contributed by atoms with van der Waals surface area (Å²) in [5, 5.41) is 6.32. The van der Waals surface area contributed by atoms with E-state index >= 15 is 0 Å². The molecular weight excluding hydrogens is 254 g/mol. The Hall–Kier alpha value is -1.33. The molecule has 2 aliphatic heterocycles. The first kappa shape index (κ1) is 13.6. The zero-order valence-corrected chi connectivity index (χ0v) is 11.8. The molecule has 5 heteroatoms. The summed E-state index contributed by atoms with van der Waals surface area (Å²) in [5.41, 5.74) is 0. The highest BCUT2D eigenvalue weighted by atomic mass is 16.3. The molecule has 1 aromatic heterocycles. The standard InChI is InChI=1S/C15H23N3O2/c19-15(12-5-3-7-16-12)17-11-13(14-6-4-10-20-14)18-8-1-2-9-18/h4,6,10,12-13,16H,1-3,5,7-9,11H2,(H,17,19)/t12-,13?/m1/s1. The molecule has 0 bridgehead atoms. The quantitative estimate of drug-likeness (QED) is 0.851. The van der Waals surface area contributed by atoms with Crippen molar-refractivity contribution < 1.29 is 9.21 Å². The molecule has 5 nitrogen and oxygen atoms in total. The predicted molar refractivity (Wildman–Crippen MR) is 76.3 cm³/mol. The Morgan fingerprint density at radius 2 is 2.30 bits per heavy atom. The molecule has 2 atom stereocenters. The van der Waals surface area contributed by atoms with Gasteiger partial charge in [-0.1, -0.05) is 0 Å². The van der Waals surface area contributed by atoms with Crippen LogP contribution in [0.15, 0.2) is 22.8 Å². The summed E-state index contributed by atoms with van der Waals surface area (Å²) in [7, 11) is 0. The van der Waals surface area contributed by atoms with E-state index in [0.29, 0.717) is 6.54 Å². The Morgan fingerprint density at radius 3 is 2.95 bits per heavy atom. The third-order valence-corrected chi connectivity index (χ3v) is 4.30. The van der Waals surface area contributed by atoms with Gasteiger partial charge in [-0.05, 0) is 57.5 Å². The summed E-state index contributed by atoms with van der Waals surface area (Å²) >= 11 is 0. The fraction of sp³-hybridized carbons (Fsp3) is 0.667. The van der Waals surface area contributed by atoms with E-state index < -0.39 is 0 Å². The second-order valence-corrected chi connectivity index (χ2v) is 5.67. The van der Waals surface area contributed by atoms with Gasteiger partial charge < -0.3 is 15.1 Å². The number of nitrogens with one attached hydrogen (secondary N) is 2. The van der Waals surface area contributed by atoms with Crippen LogP contribution in [0.25, 0.3) is 0 Å². The lowest BCUT2D eigenvalue weighted by atomic mass is 10.1. The summed E-state index contributed by atoms with van der Waals surface area (Å²) in [5.74, 6) is 1.07. The normalized spacial score (nSPS) is 24.9. The molecule has 0 spiro atoms. The molecule has 0 aliphatic carbocycles. The van der Waals surface area contributed by atoms with Crippen molar-refractivity contribution in [2.24, 2.45) is 0 Å². The summed E-state index contributed by atoms with van der Waals surface area (Å²) in [6, 6.07) is 4.07. The maximum absolute atomic E-state index is 12.1. The molecule has 3 heterocycles. The van der Waals surface area contributed by atoms with Crippen molar-refractivity contribution in [1.82, 2.24) is 15.5 Å². The molecule has 1 unspecified atom stereocenters. The Kier molecular flexibility index (Phi) is 4.38. The number of rotatable bonds is 5. The average molecular weight is 277 g/mol. The van der Waals surface area contributed by atoms with Crippen molar-refractivity contribution in [2.45, 2.75) is 37.8 Å². The zero-order chi connectivity index (χ0) is 13.8. The second kappa shape index (κ2) is 6.41. The van der Waals surface area contributed by atoms with Crippen LogP contribution in [-0.4, -0.2) is 43.0 Å². The first-order valence-corrected chi connectivity index (χ1v) is 7.63. The minimum atomic E-state index is -0.00849. The largest absolute Gasteiger partial charge is 0.468 e. The van der Waals surface area contributed by atoms with Crippen molar-refractivity contribution in [1.29, 1.82) is 0 Å². The lowest BCUT2D eigenvalue weighted by Gasteiger charge is -2.26. The van der Waals surface area contributed by atoms with Gasteiger partial charge in [0.2, 0.25) is 5.91 Å². The van der Waals surface area contributed by atoms with Crippen LogP contribution in [0.4, 0.5) is 0 Å². The fourth-order valence-electron chi connectivity index (χ4n) is 3.17. The third kappa shape index (κ3) is 3.04. The van der Waals surface area contributed by atoms with E-state index in [1.165, 1.54) is 12.8 Å². The van der Waals surface area contributed by atoms with Crippen LogP contribution in [0.2, 0.25) is 0 Å². The van der Waals surface area contributed by atoms with Gasteiger partial charge in [0.05, 0.1) is 18.3 Å². The molecule has 1 aromatic rings. The Morgan fingerprint density at radius 1 is 1.45 bits per heavy atom. The van der Waals surface area contributed by atoms with E-state index in [2.05, 4.69) is 15.5 Å². The molecule has 3 rings (SSSR count). The van der Waals surface area contributed by atoms with Gasteiger partial charge in [0.25, 0.3) is 0 Å². The highest BCUT2D eigenvalue weighted by Crippen LogP contribution is 2.24. The SMILES string of the molecule is O=C(NCC(c1ccco1)N1CCCC1)[C@H]1CCCN1. The van der Waals surface area contributed by atoms with Gasteiger partial charge in [0, 0.05) is 6.54 Å². The van der Waals surface area contributed by atoms with Gasteiger partial charge in [-0.2, -0.15) is 0 Å². The molecule has 0 radical (unpaired) electrons. The summed E-state index contributed by atoms with van der Waals surface area (Å²) in [6.07, 6.45) is 6.20. The molecule has 0 saturated carbocycles. The van der Waals surface area contributed by atoms with E-state index in [1.807, 2.05) is 12.1 Å². The van der Waals surface area contributed by atoms with Crippen molar-refractivity contribution in [2.75, 3.05) is 26.2 Å². The zero-order valence-electron chi connectivity index (χ0n) is 11.8. The van der Waals surface area contributed by atoms with Crippen LogP contribution in [0.1, 0.15) is 37.5 Å². The third-order valence-electron chi connectivity index (χ3n) is 4.30. The van der Waals surface area contributed by atoms with Gasteiger partial charge in [-0.25, -0.2) is 0 Å². The van der Waals surface area contributed by atoms with E-state index in [1.54, 1.807) is 6.26 Å². The van der Waals surface area contributed by atoms with E-state index in [0.717, 1.165) is 38.2 Å². The van der Waals surface area contributed by atoms with E-state index in [9.17, 15) is 4.79 Å². The van der Waals surface area contributed by atoms with Gasteiger partial charge >= 0.3 is 0 Å². The number of likely N-dealkylation sites (tertiary alicyclic amines) is 1. The first-order valence-electron chi connectivity index (χ1n) is 7.63. The topological polar surface area (TPSA) is 57.5 Å². The minimum Gasteiger partial charge on any atom is -0.468 e. The Balaban J connectivity index is 1.59. The Labute approximate surface area is 119 Å². The smallest absolute Gasteiger partial charge is 0.237 e. The average Bonchev–Trinajstić information content (AvgIpc) is 3.22. The molecule has 2 saturated heterocycles. The first-order chi connectivity index (χ1) is 9.84. The number of nitrogens with zero attached hydrogens (tertiary/aromatic N) is 1. The second-order valence-electron chi connectivity index (χ2n) is 5.67. The van der Waals surface area contributed by atoms with Crippen LogP contribution in [0.5, 0.6) is 0 Å². The van der Waals surface area contributed by atoms with Gasteiger partial charge in [-0.15, -0.1) is 0 Å². The molecule has 0 aromatic carbocycles. The number of amides is 1. The maximum Gasteiger partial charge on any atom is 0.237 e. The minimum absolute atomic E-state index is 0.00849. The number of hydrogen-bond donors (Lipinski definition) is 2. The molecular formula is C15H23N3O2. The monoisotopic (exact) mass is 277 g/mol. The number of furan rings is 1. The van der Waals surface area contributed by atoms with Crippen molar-refractivity contribution in [3.05, 3.63) is 24.2 Å². The van der Waals surface area contributed by atoms with E-state index in [-0.39, 0.29) is 18.0 Å². The lowest BCUT2D eigenvalue weighted by Crippen LogP contribution is -2.44. The number of carbonyl (C=O) groups excluding carboxylic acids is 1. The Bertz CT molecular complexity index is 420. The summed E-state index contributed by atoms with van der Waals surface area (Å²) < 4.78 is 5.56. The van der Waals surface area contributed by atoms with Crippen LogP contribution in [-0.2, 0) is 4.79 Å². The van der Waals surface area contributed by atoms with Crippen LogP contribution >= 0.6 is 0 Å². The molecule has 2 N–H and O–H groups in total. The van der Waals surface area contributed by atoms with Gasteiger partial charge in [0.15, 0.2) is 0 Å². The van der Waals surface area contributed by atoms with Gasteiger partial charge in [0.1, 0.15) is 5.76 Å². The summed E-state index contributed by atoms with van der Waals surface area (Å²) in [6.45, 7) is 3.75. The van der Waals surface area contributed by atoms with Crippen molar-refractivity contribution in [3.8, 4) is 0 Å². The molecule has 2 aliphatic rings. The van der Waals surface area contributed by atoms with E-state index in [4.69, 9.17) is 4.42 Å². The van der Waals surface area contributed by atoms with Gasteiger partial charge in [-0.3, -0.25) is 9.69 Å². The summed E-state index contributed by atoms with van der Waals surface area (Å²) in [4.78, 5) is 14.5. The number of carbonyl (C=O) groups is 1. The predicted octanol–water partition coefficient (Wildman–Crippen LogP) is 1.28. The molecule has 2 fully saturated rings. The molecule has 20 heavy (non-hydrogen) atoms. The van der Waals surface area contributed by atoms with Crippen LogP contribution in [0.3, 0.4) is 0 Å². The molecule has 110 valence electrons. The highest BCUT2D eigenvalue weighted by Gasteiger charge is 2.28. The highest BCUT2D eigenvalue weighted by molar-refractivity contribution is 5.82. The maximum atomic E-state index is 12.1. The van der Waals surface area contributed by atoms with Crippen molar-refractivity contribution >= 4 is 5.91 Å². The lowest BCUT2D eigenvalue weighted by molar-refractivity contribution is -0.123. The fourth-order valence-corrected chi connectivity index (χ4v) is 3.17. The number of hydrogen-bond acceptors (Lipinski definition) is 4. The molecule has 1 amide bonds. The van der Waals surface area contributed by atoms with Crippen LogP contribution < -0.4 is 10.6 Å². The van der Waals surface area contributed by atoms with Crippen LogP contribution in [0, 0.1) is 0 Å². The van der Waals surface area contributed by atoms with Crippen molar-refractivity contribution in [3.63, 3.8) is 0 Å².